The van der Waals surface area contributed by atoms with E-state index in [-0.39, 0.29) is 62.7 Å². The molecular formula is C23H30F4N6O5. The van der Waals surface area contributed by atoms with Crippen LogP contribution in [0.3, 0.4) is 0 Å². The number of ether oxygens (including phenoxy) is 2. The summed E-state index contributed by atoms with van der Waals surface area (Å²) in [5.74, 6) is -3.00. The van der Waals surface area contributed by atoms with Crippen molar-refractivity contribution < 1.29 is 41.4 Å². The molecule has 4 rings (SSSR count). The van der Waals surface area contributed by atoms with Crippen LogP contribution in [0.15, 0.2) is 12.1 Å². The zero-order chi connectivity index (χ0) is 27.2. The Bertz CT molecular complexity index is 1010. The van der Waals surface area contributed by atoms with E-state index >= 15 is 8.78 Å². The van der Waals surface area contributed by atoms with Gasteiger partial charge < -0.3 is 25.0 Å². The highest BCUT2D eigenvalue weighted by molar-refractivity contribution is 5.90. The van der Waals surface area contributed by atoms with Gasteiger partial charge in [0.05, 0.1) is 25.3 Å². The summed E-state index contributed by atoms with van der Waals surface area (Å²) >= 11 is 0. The molecule has 38 heavy (non-hydrogen) atoms. The first-order chi connectivity index (χ1) is 18.3. The first-order valence-corrected chi connectivity index (χ1v) is 12.4. The normalized spacial score (nSPS) is 21.6. The van der Waals surface area contributed by atoms with Crippen molar-refractivity contribution in [1.82, 2.24) is 21.1 Å². The molecular weight excluding hydrogens is 516 g/mol. The molecule has 0 aromatic heterocycles. The van der Waals surface area contributed by atoms with Crippen molar-refractivity contribution in [1.29, 1.82) is 0 Å². The summed E-state index contributed by atoms with van der Waals surface area (Å²) in [7, 11) is 0. The Balaban J connectivity index is 1.36. The minimum Gasteiger partial charge on any atom is -0.442 e. The summed E-state index contributed by atoms with van der Waals surface area (Å²) in [5, 5.41) is 6.45. The molecule has 0 saturated carbocycles. The van der Waals surface area contributed by atoms with Crippen LogP contribution in [0, 0.1) is 11.6 Å². The molecule has 3 saturated heterocycles. The fourth-order valence-corrected chi connectivity index (χ4v) is 4.47. The van der Waals surface area contributed by atoms with E-state index in [4.69, 9.17) is 9.47 Å². The molecule has 3 fully saturated rings. The van der Waals surface area contributed by atoms with Gasteiger partial charge in [-0.05, 0) is 12.8 Å². The number of hydrogen-bond donors (Lipinski definition) is 3. The summed E-state index contributed by atoms with van der Waals surface area (Å²) in [6.07, 6.45) is -2.72. The number of amides is 4. The van der Waals surface area contributed by atoms with Crippen molar-refractivity contribution in [2.45, 2.75) is 31.2 Å². The van der Waals surface area contributed by atoms with Crippen LogP contribution < -0.4 is 25.9 Å². The SMILES string of the molecule is O=C(NC[C@H]1CN(c2cc(F)c(N3CCNN(C(=O)NC4CCOCC4)CC3)c(F)c2)C(=O)O1)C(F)CF. The second kappa shape index (κ2) is 12.5. The van der Waals surface area contributed by atoms with Gasteiger partial charge in [0.1, 0.15) is 18.5 Å². The molecule has 2 atom stereocenters. The largest absolute Gasteiger partial charge is 0.442 e. The highest BCUT2D eigenvalue weighted by Crippen LogP contribution is 2.31. The number of carbonyl (C=O) groups is 3. The van der Waals surface area contributed by atoms with Crippen LogP contribution in [0.1, 0.15) is 12.8 Å². The molecule has 1 unspecified atom stereocenters. The third kappa shape index (κ3) is 6.56. The number of hydrogen-bond acceptors (Lipinski definition) is 7. The van der Waals surface area contributed by atoms with Gasteiger partial charge in [-0.1, -0.05) is 0 Å². The third-order valence-corrected chi connectivity index (χ3v) is 6.50. The Morgan fingerprint density at radius 1 is 1.13 bits per heavy atom. The number of rotatable bonds is 7. The topological polar surface area (TPSA) is 115 Å². The van der Waals surface area contributed by atoms with Gasteiger partial charge in [-0.3, -0.25) is 14.7 Å². The molecule has 15 heteroatoms. The maximum atomic E-state index is 15.1. The molecule has 0 aliphatic carbocycles. The Kier molecular flexibility index (Phi) is 9.09. The van der Waals surface area contributed by atoms with Gasteiger partial charge in [0.2, 0.25) is 6.17 Å². The summed E-state index contributed by atoms with van der Waals surface area (Å²) < 4.78 is 65.9. The quantitative estimate of drug-likeness (QED) is 0.441. The second-order valence-electron chi connectivity index (χ2n) is 9.12. The minimum absolute atomic E-state index is 0.00346. The number of benzene rings is 1. The van der Waals surface area contributed by atoms with Gasteiger partial charge in [-0.25, -0.2) is 32.6 Å². The van der Waals surface area contributed by atoms with E-state index in [1.165, 1.54) is 9.91 Å². The van der Waals surface area contributed by atoms with Crippen molar-refractivity contribution >= 4 is 29.4 Å². The van der Waals surface area contributed by atoms with E-state index in [1.54, 1.807) is 0 Å². The predicted octanol–water partition coefficient (Wildman–Crippen LogP) is 1.23. The van der Waals surface area contributed by atoms with Crippen LogP contribution in [-0.2, 0) is 14.3 Å². The van der Waals surface area contributed by atoms with Crippen molar-refractivity contribution in [2.24, 2.45) is 0 Å². The molecule has 0 bridgehead atoms. The van der Waals surface area contributed by atoms with Crippen LogP contribution in [0.25, 0.3) is 0 Å². The van der Waals surface area contributed by atoms with Gasteiger partial charge in [-0.2, -0.15) is 0 Å². The van der Waals surface area contributed by atoms with Crippen molar-refractivity contribution in [2.75, 3.05) is 69.0 Å². The number of carbonyl (C=O) groups excluding carboxylic acids is 3. The second-order valence-corrected chi connectivity index (χ2v) is 9.12. The molecule has 3 aliphatic heterocycles. The molecule has 1 aromatic rings. The first kappa shape index (κ1) is 27.7. The van der Waals surface area contributed by atoms with Crippen molar-refractivity contribution in [3.05, 3.63) is 23.8 Å². The fourth-order valence-electron chi connectivity index (χ4n) is 4.47. The Morgan fingerprint density at radius 3 is 2.53 bits per heavy atom. The minimum atomic E-state index is -2.33. The Labute approximate surface area is 216 Å². The van der Waals surface area contributed by atoms with Gasteiger partial charge in [0, 0.05) is 51.0 Å². The van der Waals surface area contributed by atoms with Crippen molar-refractivity contribution in [3.63, 3.8) is 0 Å². The Hall–Kier alpha value is -3.33. The van der Waals surface area contributed by atoms with Gasteiger partial charge in [-0.15, -0.1) is 0 Å². The average molecular weight is 547 g/mol. The van der Waals surface area contributed by atoms with Crippen LogP contribution in [0.5, 0.6) is 0 Å². The molecule has 11 nitrogen and oxygen atoms in total. The van der Waals surface area contributed by atoms with Crippen LogP contribution in [0.2, 0.25) is 0 Å². The lowest BCUT2D eigenvalue weighted by molar-refractivity contribution is -0.126. The van der Waals surface area contributed by atoms with Gasteiger partial charge >= 0.3 is 12.1 Å². The van der Waals surface area contributed by atoms with Gasteiger partial charge in [0.15, 0.2) is 11.6 Å². The van der Waals surface area contributed by atoms with E-state index in [2.05, 4.69) is 16.1 Å². The zero-order valence-electron chi connectivity index (χ0n) is 20.6. The van der Waals surface area contributed by atoms with Crippen LogP contribution in [0.4, 0.5) is 38.5 Å². The molecule has 0 spiro atoms. The lowest BCUT2D eigenvalue weighted by atomic mass is 10.1. The summed E-state index contributed by atoms with van der Waals surface area (Å²) in [6.45, 7) is 0.0276. The molecule has 0 radical (unpaired) electrons. The van der Waals surface area contributed by atoms with E-state index < -0.39 is 42.6 Å². The molecule has 3 aliphatic rings. The highest BCUT2D eigenvalue weighted by Gasteiger charge is 2.34. The number of nitrogens with zero attached hydrogens (tertiary/aromatic N) is 3. The standard InChI is InChI=1S/C23H30F4N6O5/c24-11-19(27)21(34)28-12-16-13-32(23(36)38-16)15-9-17(25)20(18(26)10-15)31-4-3-29-33(6-5-31)22(35)30-14-1-7-37-8-2-14/h9-10,14,16,19,29H,1-8,11-13H2,(H,28,34)(H,30,35)/t16-,19?/m0/s1. The molecule has 3 heterocycles. The molecule has 210 valence electrons. The number of cyclic esters (lactones) is 1. The van der Waals surface area contributed by atoms with E-state index in [0.717, 1.165) is 17.0 Å². The predicted molar refractivity (Wildman–Crippen MR) is 127 cm³/mol. The number of anilines is 2. The van der Waals surface area contributed by atoms with Crippen molar-refractivity contribution in [3.8, 4) is 0 Å². The zero-order valence-corrected chi connectivity index (χ0v) is 20.6. The number of hydrazine groups is 1. The maximum Gasteiger partial charge on any atom is 0.414 e. The number of alkyl halides is 2. The average Bonchev–Trinajstić information content (AvgIpc) is 3.11. The monoisotopic (exact) mass is 546 g/mol. The third-order valence-electron chi connectivity index (χ3n) is 6.50. The lowest BCUT2D eigenvalue weighted by Crippen LogP contribution is -2.52. The summed E-state index contributed by atoms with van der Waals surface area (Å²) in [4.78, 5) is 38.7. The van der Waals surface area contributed by atoms with Crippen LogP contribution >= 0.6 is 0 Å². The number of nitrogens with one attached hydrogen (secondary N) is 3. The first-order valence-electron chi connectivity index (χ1n) is 12.4. The lowest BCUT2D eigenvalue weighted by Gasteiger charge is -2.28. The van der Waals surface area contributed by atoms with E-state index in [9.17, 15) is 23.2 Å². The summed E-state index contributed by atoms with van der Waals surface area (Å²) in [6, 6.07) is 1.67. The summed E-state index contributed by atoms with van der Waals surface area (Å²) in [5.41, 5.74) is 2.58. The number of urea groups is 1. The Morgan fingerprint density at radius 2 is 1.84 bits per heavy atom. The van der Waals surface area contributed by atoms with Gasteiger partial charge in [0.25, 0.3) is 5.91 Å². The molecule has 1 aromatic carbocycles. The van der Waals surface area contributed by atoms with Crippen LogP contribution in [-0.4, -0.2) is 101 Å². The van der Waals surface area contributed by atoms with E-state index in [0.29, 0.717) is 26.1 Å². The smallest absolute Gasteiger partial charge is 0.414 e. The highest BCUT2D eigenvalue weighted by atomic mass is 19.2. The maximum absolute atomic E-state index is 15.1. The number of halogens is 4. The molecule has 4 amide bonds. The van der Waals surface area contributed by atoms with E-state index in [1.807, 2.05) is 0 Å². The molecule has 3 N–H and O–H groups in total. The fraction of sp³-hybridized carbons (Fsp3) is 0.609.